The smallest absolute Gasteiger partial charge is 0.133 e. The number of aliphatic hydroxyl groups excluding tert-OH is 1. The van der Waals surface area contributed by atoms with Crippen LogP contribution in [0.15, 0.2) is 22.7 Å². The van der Waals surface area contributed by atoms with Gasteiger partial charge in [-0.25, -0.2) is 0 Å². The minimum absolute atomic E-state index is 0.160. The number of hydrogen-bond donors (Lipinski definition) is 1. The number of hydrogen-bond acceptors (Lipinski definition) is 3. The fourth-order valence-corrected chi connectivity index (χ4v) is 2.84. The third kappa shape index (κ3) is 2.49. The molecule has 0 spiro atoms. The summed E-state index contributed by atoms with van der Waals surface area (Å²) >= 11 is 3.49. The van der Waals surface area contributed by atoms with Gasteiger partial charge in [0.25, 0.3) is 0 Å². The zero-order valence-corrected chi connectivity index (χ0v) is 11.5. The second-order valence-corrected chi connectivity index (χ2v) is 5.25. The molecule has 94 valence electrons. The molecule has 1 aromatic carbocycles. The first-order chi connectivity index (χ1) is 8.22. The summed E-state index contributed by atoms with van der Waals surface area (Å²) in [4.78, 5) is 0. The highest BCUT2D eigenvalue weighted by atomic mass is 79.9. The van der Waals surface area contributed by atoms with Crippen LogP contribution in [0.1, 0.15) is 18.4 Å². The molecule has 0 bridgehead atoms. The normalized spacial score (nSPS) is 19.0. The summed E-state index contributed by atoms with van der Waals surface area (Å²) in [5.41, 5.74) is 0.989. The van der Waals surface area contributed by atoms with Crippen LogP contribution in [0.25, 0.3) is 0 Å². The van der Waals surface area contributed by atoms with Crippen molar-refractivity contribution in [2.45, 2.75) is 18.3 Å². The first-order valence-electron chi connectivity index (χ1n) is 5.74. The zero-order valence-electron chi connectivity index (χ0n) is 9.91. The topological polar surface area (TPSA) is 38.7 Å². The van der Waals surface area contributed by atoms with E-state index in [1.165, 1.54) is 0 Å². The van der Waals surface area contributed by atoms with Crippen LogP contribution < -0.4 is 4.74 Å². The molecule has 0 atom stereocenters. The molecule has 0 aromatic heterocycles. The van der Waals surface area contributed by atoms with Crippen molar-refractivity contribution in [2.75, 3.05) is 26.9 Å². The van der Waals surface area contributed by atoms with Crippen molar-refractivity contribution in [1.82, 2.24) is 0 Å². The lowest BCUT2D eigenvalue weighted by Gasteiger charge is -2.36. The number of aliphatic hydroxyl groups is 1. The monoisotopic (exact) mass is 300 g/mol. The highest BCUT2D eigenvalue weighted by molar-refractivity contribution is 9.10. The van der Waals surface area contributed by atoms with E-state index in [1.807, 2.05) is 18.2 Å². The maximum atomic E-state index is 9.71. The van der Waals surface area contributed by atoms with E-state index in [0.717, 1.165) is 28.6 Å². The molecular weight excluding hydrogens is 284 g/mol. The van der Waals surface area contributed by atoms with Crippen LogP contribution in [0.4, 0.5) is 0 Å². The maximum Gasteiger partial charge on any atom is 0.133 e. The Balaban J connectivity index is 2.33. The molecule has 0 aliphatic carbocycles. The van der Waals surface area contributed by atoms with E-state index in [4.69, 9.17) is 9.47 Å². The van der Waals surface area contributed by atoms with E-state index >= 15 is 0 Å². The van der Waals surface area contributed by atoms with Gasteiger partial charge < -0.3 is 14.6 Å². The summed E-state index contributed by atoms with van der Waals surface area (Å²) < 4.78 is 11.5. The van der Waals surface area contributed by atoms with Crippen LogP contribution in [-0.2, 0) is 10.2 Å². The van der Waals surface area contributed by atoms with Crippen molar-refractivity contribution in [1.29, 1.82) is 0 Å². The summed E-state index contributed by atoms with van der Waals surface area (Å²) in [6.07, 6.45) is 1.73. The van der Waals surface area contributed by atoms with E-state index in [2.05, 4.69) is 15.9 Å². The molecule has 0 amide bonds. The number of halogens is 1. The molecule has 1 N–H and O–H groups in total. The number of ether oxygens (including phenoxy) is 2. The van der Waals surface area contributed by atoms with Crippen molar-refractivity contribution in [2.24, 2.45) is 0 Å². The Morgan fingerprint density at radius 2 is 2.12 bits per heavy atom. The number of benzene rings is 1. The molecule has 4 heteroatoms. The molecule has 17 heavy (non-hydrogen) atoms. The van der Waals surface area contributed by atoms with E-state index < -0.39 is 0 Å². The van der Waals surface area contributed by atoms with Gasteiger partial charge in [0.2, 0.25) is 0 Å². The van der Waals surface area contributed by atoms with Gasteiger partial charge in [0.1, 0.15) is 5.75 Å². The first-order valence-corrected chi connectivity index (χ1v) is 6.54. The Hall–Kier alpha value is -0.580. The predicted molar refractivity (Wildman–Crippen MR) is 69.5 cm³/mol. The highest BCUT2D eigenvalue weighted by Crippen LogP contribution is 2.37. The van der Waals surface area contributed by atoms with Gasteiger partial charge in [-0.3, -0.25) is 0 Å². The molecule has 3 nitrogen and oxygen atoms in total. The van der Waals surface area contributed by atoms with Gasteiger partial charge in [-0.15, -0.1) is 0 Å². The molecule has 1 heterocycles. The van der Waals surface area contributed by atoms with Crippen molar-refractivity contribution in [3.63, 3.8) is 0 Å². The molecule has 0 radical (unpaired) electrons. The Morgan fingerprint density at radius 1 is 1.41 bits per heavy atom. The van der Waals surface area contributed by atoms with Crippen molar-refractivity contribution in [3.05, 3.63) is 28.2 Å². The van der Waals surface area contributed by atoms with Gasteiger partial charge in [0.05, 0.1) is 18.2 Å². The molecule has 2 rings (SSSR count). The van der Waals surface area contributed by atoms with Gasteiger partial charge in [-0.2, -0.15) is 0 Å². The SMILES string of the molecule is COc1ccc(C2(CO)CCOCC2)cc1Br. The largest absolute Gasteiger partial charge is 0.496 e. The Kier molecular flexibility index (Phi) is 4.07. The molecule has 1 aliphatic heterocycles. The lowest BCUT2D eigenvalue weighted by Crippen LogP contribution is -2.37. The minimum atomic E-state index is -0.160. The average Bonchev–Trinajstić information content (AvgIpc) is 2.39. The Morgan fingerprint density at radius 3 is 2.65 bits per heavy atom. The summed E-state index contributed by atoms with van der Waals surface area (Å²) in [7, 11) is 1.65. The Labute approximate surface area is 110 Å². The predicted octanol–water partition coefficient (Wildman–Crippen LogP) is 2.50. The molecule has 1 aromatic rings. The maximum absolute atomic E-state index is 9.71. The average molecular weight is 301 g/mol. The van der Waals surface area contributed by atoms with Crippen LogP contribution in [0.5, 0.6) is 5.75 Å². The van der Waals surface area contributed by atoms with Crippen molar-refractivity contribution < 1.29 is 14.6 Å². The van der Waals surface area contributed by atoms with Crippen LogP contribution in [-0.4, -0.2) is 32.0 Å². The van der Waals surface area contributed by atoms with Gasteiger partial charge in [0.15, 0.2) is 0 Å². The van der Waals surface area contributed by atoms with E-state index in [0.29, 0.717) is 13.2 Å². The molecular formula is C13H17BrO3. The van der Waals surface area contributed by atoms with E-state index in [1.54, 1.807) is 7.11 Å². The first kappa shape index (κ1) is 12.9. The third-order valence-corrected chi connectivity index (χ3v) is 4.14. The standard InChI is InChI=1S/C13H17BrO3/c1-16-12-3-2-10(8-11(12)14)13(9-15)4-6-17-7-5-13/h2-3,8,15H,4-7,9H2,1H3. The number of methoxy groups -OCH3 is 1. The van der Waals surface area contributed by atoms with Crippen LogP contribution >= 0.6 is 15.9 Å². The van der Waals surface area contributed by atoms with Gasteiger partial charge in [-0.05, 0) is 46.5 Å². The van der Waals surface area contributed by atoms with Crippen LogP contribution in [0.2, 0.25) is 0 Å². The third-order valence-electron chi connectivity index (χ3n) is 3.52. The van der Waals surface area contributed by atoms with Crippen molar-refractivity contribution in [3.8, 4) is 5.75 Å². The number of rotatable bonds is 3. The second kappa shape index (κ2) is 5.38. The van der Waals surface area contributed by atoms with E-state index in [9.17, 15) is 5.11 Å². The molecule has 0 saturated carbocycles. The molecule has 1 saturated heterocycles. The van der Waals surface area contributed by atoms with Gasteiger partial charge >= 0.3 is 0 Å². The fourth-order valence-electron chi connectivity index (χ4n) is 2.30. The summed E-state index contributed by atoms with van der Waals surface area (Å²) in [6, 6.07) is 6.01. The van der Waals surface area contributed by atoms with Gasteiger partial charge in [-0.1, -0.05) is 6.07 Å². The fraction of sp³-hybridized carbons (Fsp3) is 0.538. The lowest BCUT2D eigenvalue weighted by molar-refractivity contribution is 0.0252. The molecule has 0 unspecified atom stereocenters. The quantitative estimate of drug-likeness (QED) is 0.932. The van der Waals surface area contributed by atoms with Gasteiger partial charge in [0, 0.05) is 18.6 Å². The summed E-state index contributed by atoms with van der Waals surface area (Å²) in [6.45, 7) is 1.59. The summed E-state index contributed by atoms with van der Waals surface area (Å²) in [5.74, 6) is 0.814. The van der Waals surface area contributed by atoms with Crippen molar-refractivity contribution >= 4 is 15.9 Å². The van der Waals surface area contributed by atoms with E-state index in [-0.39, 0.29) is 12.0 Å². The van der Waals surface area contributed by atoms with Crippen LogP contribution in [0, 0.1) is 0 Å². The molecule has 1 fully saturated rings. The molecule has 1 aliphatic rings. The minimum Gasteiger partial charge on any atom is -0.496 e. The summed E-state index contributed by atoms with van der Waals surface area (Å²) in [5, 5.41) is 9.71. The Bertz CT molecular complexity index is 386. The zero-order chi connectivity index (χ0) is 12.3. The highest BCUT2D eigenvalue weighted by Gasteiger charge is 2.34. The van der Waals surface area contributed by atoms with Crippen LogP contribution in [0.3, 0.4) is 0 Å². The second-order valence-electron chi connectivity index (χ2n) is 4.40. The lowest BCUT2D eigenvalue weighted by atomic mass is 9.75.